The first-order valence-electron chi connectivity index (χ1n) is 7.28. The highest BCUT2D eigenvalue weighted by atomic mass is 16.3. The molecule has 1 aliphatic carbocycles. The fourth-order valence-electron chi connectivity index (χ4n) is 3.84. The smallest absolute Gasteiger partial charge is 0.255 e. The molecule has 2 saturated heterocycles. The second-order valence-electron chi connectivity index (χ2n) is 6.27. The van der Waals surface area contributed by atoms with Crippen molar-refractivity contribution >= 4 is 23.6 Å². The fraction of sp³-hybridized carbons (Fsp3) is 0.714. The third kappa shape index (κ3) is 1.83. The lowest BCUT2D eigenvalue weighted by Crippen LogP contribution is -2.66. The Kier molecular flexibility index (Phi) is 3.12. The normalized spacial score (nSPS) is 32.1. The van der Waals surface area contributed by atoms with Crippen LogP contribution in [0.1, 0.15) is 44.9 Å². The molecule has 0 aromatic rings. The Balaban J connectivity index is 1.97. The number of nitrogens with zero attached hydrogens (tertiary/aromatic N) is 1. The molecule has 1 saturated carbocycles. The molecule has 1 atom stereocenters. The minimum atomic E-state index is -1.62. The molecule has 114 valence electrons. The second kappa shape index (κ2) is 4.62. The van der Waals surface area contributed by atoms with Crippen LogP contribution in [0.3, 0.4) is 0 Å². The lowest BCUT2D eigenvalue weighted by molar-refractivity contribution is -0.162. The zero-order chi connectivity index (χ0) is 15.3. The molecule has 0 aromatic heterocycles. The van der Waals surface area contributed by atoms with E-state index in [1.54, 1.807) is 0 Å². The van der Waals surface area contributed by atoms with E-state index in [1.165, 1.54) is 0 Å². The number of likely N-dealkylation sites (tertiary alicyclic amines) is 1. The van der Waals surface area contributed by atoms with Crippen molar-refractivity contribution in [1.82, 2.24) is 10.2 Å². The van der Waals surface area contributed by atoms with Gasteiger partial charge in [0.25, 0.3) is 5.91 Å². The average Bonchev–Trinajstić information content (AvgIpc) is 2.99. The minimum absolute atomic E-state index is 0.0103. The van der Waals surface area contributed by atoms with Gasteiger partial charge in [-0.25, -0.2) is 0 Å². The number of carbonyl (C=O) groups excluding carboxylic acids is 4. The second-order valence-corrected chi connectivity index (χ2v) is 6.27. The molecular weight excluding hydrogens is 276 g/mol. The van der Waals surface area contributed by atoms with Gasteiger partial charge >= 0.3 is 0 Å². The molecule has 7 nitrogen and oxygen atoms in total. The van der Waals surface area contributed by atoms with E-state index in [0.29, 0.717) is 12.8 Å². The molecule has 2 aliphatic heterocycles. The van der Waals surface area contributed by atoms with Crippen LogP contribution in [0, 0.1) is 5.41 Å². The van der Waals surface area contributed by atoms with Gasteiger partial charge in [-0.05, 0) is 19.3 Å². The Bertz CT molecular complexity index is 537. The SMILES string of the molecule is O=C1CCC(CO)(N2C(=O)CC3(CCCC3)C2=O)C(=O)N1. The molecule has 0 radical (unpaired) electrons. The summed E-state index contributed by atoms with van der Waals surface area (Å²) in [5.74, 6) is -1.97. The zero-order valence-corrected chi connectivity index (χ0v) is 11.7. The largest absolute Gasteiger partial charge is 0.393 e. The highest BCUT2D eigenvalue weighted by molar-refractivity contribution is 6.13. The summed E-state index contributed by atoms with van der Waals surface area (Å²) >= 11 is 0. The zero-order valence-electron chi connectivity index (χ0n) is 11.7. The Morgan fingerprint density at radius 1 is 1.10 bits per heavy atom. The van der Waals surface area contributed by atoms with Crippen LogP contribution in [0.2, 0.25) is 0 Å². The molecule has 2 N–H and O–H groups in total. The lowest BCUT2D eigenvalue weighted by Gasteiger charge is -2.40. The van der Waals surface area contributed by atoms with Crippen LogP contribution in [0.4, 0.5) is 0 Å². The first-order chi connectivity index (χ1) is 9.95. The van der Waals surface area contributed by atoms with Crippen molar-refractivity contribution in [2.75, 3.05) is 6.61 Å². The van der Waals surface area contributed by atoms with Crippen LogP contribution < -0.4 is 5.32 Å². The van der Waals surface area contributed by atoms with Crippen LogP contribution in [0.5, 0.6) is 0 Å². The Morgan fingerprint density at radius 2 is 1.76 bits per heavy atom. The number of nitrogens with one attached hydrogen (secondary N) is 1. The monoisotopic (exact) mass is 294 g/mol. The summed E-state index contributed by atoms with van der Waals surface area (Å²) in [5, 5.41) is 11.8. The summed E-state index contributed by atoms with van der Waals surface area (Å²) in [6.07, 6.45) is 3.19. The van der Waals surface area contributed by atoms with Crippen LogP contribution in [0.25, 0.3) is 0 Å². The van der Waals surface area contributed by atoms with Crippen molar-refractivity contribution in [3.8, 4) is 0 Å². The molecule has 3 fully saturated rings. The van der Waals surface area contributed by atoms with Gasteiger partial charge in [-0.3, -0.25) is 29.4 Å². The van der Waals surface area contributed by atoms with Gasteiger partial charge in [0.05, 0.1) is 12.0 Å². The van der Waals surface area contributed by atoms with Crippen molar-refractivity contribution in [2.45, 2.75) is 50.5 Å². The standard InChI is InChI=1S/C14H18N2O5/c17-8-14(6-3-9(18)15-11(14)20)16-10(19)7-13(12(16)21)4-1-2-5-13/h17H,1-8H2,(H,15,18,20). The van der Waals surface area contributed by atoms with Gasteiger partial charge in [0.15, 0.2) is 5.54 Å². The Morgan fingerprint density at radius 3 is 2.33 bits per heavy atom. The van der Waals surface area contributed by atoms with Crippen LogP contribution in [0.15, 0.2) is 0 Å². The number of aliphatic hydroxyl groups excluding tert-OH is 1. The maximum Gasteiger partial charge on any atom is 0.255 e. The number of hydrogen-bond donors (Lipinski definition) is 2. The third-order valence-electron chi connectivity index (χ3n) is 5.09. The van der Waals surface area contributed by atoms with Crippen molar-refractivity contribution in [3.63, 3.8) is 0 Å². The summed E-state index contributed by atoms with van der Waals surface area (Å²) < 4.78 is 0. The van der Waals surface area contributed by atoms with Gasteiger partial charge in [0, 0.05) is 12.8 Å². The van der Waals surface area contributed by atoms with Gasteiger partial charge in [-0.15, -0.1) is 0 Å². The van der Waals surface area contributed by atoms with E-state index in [0.717, 1.165) is 17.7 Å². The van der Waals surface area contributed by atoms with E-state index in [4.69, 9.17) is 0 Å². The van der Waals surface area contributed by atoms with Crippen molar-refractivity contribution in [1.29, 1.82) is 0 Å². The van der Waals surface area contributed by atoms with E-state index in [2.05, 4.69) is 5.32 Å². The van der Waals surface area contributed by atoms with E-state index in [-0.39, 0.29) is 25.2 Å². The van der Waals surface area contributed by atoms with E-state index in [9.17, 15) is 24.3 Å². The van der Waals surface area contributed by atoms with E-state index < -0.39 is 35.3 Å². The van der Waals surface area contributed by atoms with Crippen molar-refractivity contribution < 1.29 is 24.3 Å². The molecule has 0 aromatic carbocycles. The van der Waals surface area contributed by atoms with Gasteiger partial charge < -0.3 is 5.11 Å². The summed E-state index contributed by atoms with van der Waals surface area (Å²) in [6, 6.07) is 0. The molecule has 21 heavy (non-hydrogen) atoms. The molecule has 1 spiro atoms. The number of imide groups is 2. The minimum Gasteiger partial charge on any atom is -0.393 e. The Hall–Kier alpha value is -1.76. The Labute approximate surface area is 121 Å². The summed E-state index contributed by atoms with van der Waals surface area (Å²) in [7, 11) is 0. The summed E-state index contributed by atoms with van der Waals surface area (Å²) in [5.41, 5.74) is -2.31. The topological polar surface area (TPSA) is 104 Å². The highest BCUT2D eigenvalue weighted by Gasteiger charge is 2.61. The molecule has 7 heteroatoms. The van der Waals surface area contributed by atoms with Crippen LogP contribution in [-0.4, -0.2) is 45.8 Å². The number of amides is 4. The van der Waals surface area contributed by atoms with Crippen molar-refractivity contribution in [2.24, 2.45) is 5.41 Å². The summed E-state index contributed by atoms with van der Waals surface area (Å²) in [6.45, 7) is -0.653. The number of rotatable bonds is 2. The van der Waals surface area contributed by atoms with Gasteiger partial charge in [0.2, 0.25) is 17.7 Å². The van der Waals surface area contributed by atoms with Gasteiger partial charge in [-0.2, -0.15) is 0 Å². The lowest BCUT2D eigenvalue weighted by atomic mass is 9.83. The molecular formula is C14H18N2O5. The maximum absolute atomic E-state index is 12.8. The molecule has 3 aliphatic rings. The number of aliphatic hydroxyl groups is 1. The average molecular weight is 294 g/mol. The molecule has 1 unspecified atom stereocenters. The predicted octanol–water partition coefficient (Wildman–Crippen LogP) is -0.527. The first kappa shape index (κ1) is 14.2. The maximum atomic E-state index is 12.8. The molecule has 4 amide bonds. The van der Waals surface area contributed by atoms with Gasteiger partial charge in [0.1, 0.15) is 0 Å². The predicted molar refractivity (Wildman–Crippen MR) is 69.6 cm³/mol. The number of piperidine rings is 1. The quantitative estimate of drug-likeness (QED) is 0.667. The van der Waals surface area contributed by atoms with Crippen molar-refractivity contribution in [3.05, 3.63) is 0 Å². The van der Waals surface area contributed by atoms with Crippen LogP contribution >= 0.6 is 0 Å². The highest BCUT2D eigenvalue weighted by Crippen LogP contribution is 2.49. The fourth-order valence-corrected chi connectivity index (χ4v) is 3.84. The number of hydrogen-bond acceptors (Lipinski definition) is 5. The number of carbonyl (C=O) groups is 4. The van der Waals surface area contributed by atoms with Gasteiger partial charge in [-0.1, -0.05) is 12.8 Å². The van der Waals surface area contributed by atoms with E-state index >= 15 is 0 Å². The first-order valence-corrected chi connectivity index (χ1v) is 7.28. The molecule has 2 heterocycles. The molecule has 3 rings (SSSR count). The van der Waals surface area contributed by atoms with Crippen LogP contribution in [-0.2, 0) is 19.2 Å². The third-order valence-corrected chi connectivity index (χ3v) is 5.09. The molecule has 0 bridgehead atoms. The van der Waals surface area contributed by atoms with E-state index in [1.807, 2.05) is 0 Å². The summed E-state index contributed by atoms with van der Waals surface area (Å²) in [4.78, 5) is 49.6.